The molecular formula is C20H30ClN5O. The monoisotopic (exact) mass is 391 g/mol. The van der Waals surface area contributed by atoms with Crippen LogP contribution in [-0.4, -0.2) is 66.4 Å². The number of likely N-dealkylation sites (tertiary alicyclic amines) is 2. The fourth-order valence-corrected chi connectivity index (χ4v) is 4.16. The van der Waals surface area contributed by atoms with Gasteiger partial charge in [0, 0.05) is 43.9 Å². The molecule has 7 heteroatoms. The molecule has 1 aromatic carbocycles. The van der Waals surface area contributed by atoms with Crippen molar-refractivity contribution in [2.45, 2.75) is 51.3 Å². The molecule has 2 fully saturated rings. The van der Waals surface area contributed by atoms with Crippen LogP contribution >= 0.6 is 11.6 Å². The zero-order valence-corrected chi connectivity index (χ0v) is 17.2. The highest BCUT2D eigenvalue weighted by Gasteiger charge is 2.43. The lowest BCUT2D eigenvalue weighted by Gasteiger charge is -2.53. The molecule has 2 aliphatic heterocycles. The Morgan fingerprint density at radius 3 is 2.44 bits per heavy atom. The summed E-state index contributed by atoms with van der Waals surface area (Å²) in [5, 5.41) is 8.97. The van der Waals surface area contributed by atoms with Crippen LogP contribution in [0, 0.1) is 0 Å². The number of halogens is 1. The van der Waals surface area contributed by atoms with Gasteiger partial charge in [-0.25, -0.2) is 0 Å². The number of ether oxygens (including phenoxy) is 1. The van der Waals surface area contributed by atoms with E-state index in [0.717, 1.165) is 49.8 Å². The van der Waals surface area contributed by atoms with Crippen molar-refractivity contribution in [1.82, 2.24) is 9.80 Å². The minimum Gasteiger partial charge on any atom is -0.386 e. The van der Waals surface area contributed by atoms with Gasteiger partial charge in [0.15, 0.2) is 0 Å². The van der Waals surface area contributed by atoms with E-state index in [1.165, 1.54) is 5.56 Å². The first-order chi connectivity index (χ1) is 13.0. The number of rotatable bonds is 5. The molecule has 0 radical (unpaired) electrons. The van der Waals surface area contributed by atoms with Crippen molar-refractivity contribution in [2.75, 3.05) is 26.7 Å². The van der Waals surface area contributed by atoms with Crippen LogP contribution in [0.4, 0.5) is 0 Å². The molecule has 3 rings (SSSR count). The highest BCUT2D eigenvalue weighted by molar-refractivity contribution is 6.30. The van der Waals surface area contributed by atoms with Crippen LogP contribution in [0.5, 0.6) is 0 Å². The van der Waals surface area contributed by atoms with Crippen molar-refractivity contribution in [3.8, 4) is 0 Å². The molecule has 148 valence electrons. The third kappa shape index (κ3) is 5.00. The predicted molar refractivity (Wildman–Crippen MR) is 111 cm³/mol. The van der Waals surface area contributed by atoms with Crippen LogP contribution in [0.2, 0.25) is 5.02 Å². The van der Waals surface area contributed by atoms with Crippen molar-refractivity contribution < 1.29 is 4.74 Å². The van der Waals surface area contributed by atoms with Gasteiger partial charge in [-0.15, -0.1) is 10.2 Å². The Balaban J connectivity index is 1.57. The van der Waals surface area contributed by atoms with Crippen molar-refractivity contribution >= 4 is 23.3 Å². The number of hydrogen-bond donors (Lipinski definition) is 1. The quantitative estimate of drug-likeness (QED) is 0.476. The van der Waals surface area contributed by atoms with Crippen molar-refractivity contribution in [1.29, 1.82) is 0 Å². The van der Waals surface area contributed by atoms with E-state index in [4.69, 9.17) is 22.1 Å². The van der Waals surface area contributed by atoms with E-state index >= 15 is 0 Å². The van der Waals surface area contributed by atoms with E-state index in [2.05, 4.69) is 32.1 Å². The summed E-state index contributed by atoms with van der Waals surface area (Å²) >= 11 is 6.02. The fourth-order valence-electron chi connectivity index (χ4n) is 4.04. The number of hydrogen-bond acceptors (Lipinski definition) is 4. The topological polar surface area (TPSA) is 66.5 Å². The Labute approximate surface area is 167 Å². The summed E-state index contributed by atoms with van der Waals surface area (Å²) in [6.45, 7) is 6.77. The zero-order chi connectivity index (χ0) is 19.4. The first-order valence-corrected chi connectivity index (χ1v) is 9.98. The molecule has 1 aromatic rings. The average Bonchev–Trinajstić information content (AvgIpc) is 2.65. The first-order valence-electron chi connectivity index (χ1n) is 9.60. The number of piperidine rings is 1. The maximum Gasteiger partial charge on any atom is 0.124 e. The van der Waals surface area contributed by atoms with E-state index < -0.39 is 0 Å². The number of benzene rings is 1. The maximum atomic E-state index is 6.02. The molecule has 2 aliphatic rings. The summed E-state index contributed by atoms with van der Waals surface area (Å²) in [4.78, 5) is 4.92. The smallest absolute Gasteiger partial charge is 0.124 e. The Bertz CT molecular complexity index is 678. The van der Waals surface area contributed by atoms with Gasteiger partial charge in [-0.1, -0.05) is 23.7 Å². The van der Waals surface area contributed by atoms with E-state index in [0.29, 0.717) is 24.0 Å². The van der Waals surface area contributed by atoms with E-state index in [9.17, 15) is 0 Å². The van der Waals surface area contributed by atoms with Gasteiger partial charge in [-0.2, -0.15) is 0 Å². The molecule has 2 saturated heterocycles. The predicted octanol–water partition coefficient (Wildman–Crippen LogP) is 2.76. The van der Waals surface area contributed by atoms with Crippen LogP contribution in [-0.2, 0) is 11.2 Å². The normalized spacial score (nSPS) is 25.6. The highest BCUT2D eigenvalue weighted by Crippen LogP contribution is 2.31. The molecule has 0 bridgehead atoms. The Morgan fingerprint density at radius 2 is 1.85 bits per heavy atom. The van der Waals surface area contributed by atoms with Gasteiger partial charge in [0.05, 0.1) is 6.10 Å². The summed E-state index contributed by atoms with van der Waals surface area (Å²) in [5.74, 6) is 1.43. The molecule has 27 heavy (non-hydrogen) atoms. The van der Waals surface area contributed by atoms with Gasteiger partial charge in [0.1, 0.15) is 11.7 Å². The summed E-state index contributed by atoms with van der Waals surface area (Å²) in [7, 11) is 1.82. The van der Waals surface area contributed by atoms with Gasteiger partial charge in [0.2, 0.25) is 0 Å². The van der Waals surface area contributed by atoms with Gasteiger partial charge < -0.3 is 15.4 Å². The van der Waals surface area contributed by atoms with E-state index in [-0.39, 0.29) is 0 Å². The Morgan fingerprint density at radius 1 is 1.19 bits per heavy atom. The lowest BCUT2D eigenvalue weighted by Crippen LogP contribution is -2.66. The van der Waals surface area contributed by atoms with Crippen molar-refractivity contribution in [3.63, 3.8) is 0 Å². The third-order valence-electron chi connectivity index (χ3n) is 5.65. The molecule has 2 atom stereocenters. The number of methoxy groups -OCH3 is 1. The van der Waals surface area contributed by atoms with Crippen LogP contribution in [0.25, 0.3) is 0 Å². The number of nitrogens with two attached hydrogens (primary N) is 1. The molecular weight excluding hydrogens is 362 g/mol. The lowest BCUT2D eigenvalue weighted by atomic mass is 9.87. The molecule has 0 aliphatic carbocycles. The lowest BCUT2D eigenvalue weighted by molar-refractivity contribution is -0.111. The van der Waals surface area contributed by atoms with Crippen molar-refractivity contribution in [2.24, 2.45) is 15.9 Å². The van der Waals surface area contributed by atoms with Gasteiger partial charge in [-0.3, -0.25) is 4.90 Å². The Kier molecular flexibility index (Phi) is 6.73. The second-order valence-electron chi connectivity index (χ2n) is 7.48. The van der Waals surface area contributed by atoms with Gasteiger partial charge in [0.25, 0.3) is 0 Å². The molecule has 2 N–H and O–H groups in total. The minimum atomic E-state index is 0.309. The summed E-state index contributed by atoms with van der Waals surface area (Å²) in [6, 6.07) is 9.20. The van der Waals surface area contributed by atoms with E-state index in [1.807, 2.05) is 26.2 Å². The zero-order valence-electron chi connectivity index (χ0n) is 16.4. The molecule has 0 aromatic heterocycles. The fraction of sp³-hybridized carbons (Fsp3) is 0.600. The van der Waals surface area contributed by atoms with Crippen LogP contribution < -0.4 is 5.73 Å². The summed E-state index contributed by atoms with van der Waals surface area (Å²) < 4.78 is 5.71. The second kappa shape index (κ2) is 9.04. The van der Waals surface area contributed by atoms with Gasteiger partial charge >= 0.3 is 0 Å². The van der Waals surface area contributed by atoms with Crippen LogP contribution in [0.3, 0.4) is 0 Å². The first kappa shape index (κ1) is 20.1. The second-order valence-corrected chi connectivity index (χ2v) is 7.91. The molecule has 0 saturated carbocycles. The SMILES string of the molecule is CO[C@H]1CN(C2CCN(/C(C)=N/N=C(\C)N)CC2)[C@H]1Cc1ccc(Cl)cc1. The average molecular weight is 392 g/mol. The van der Waals surface area contributed by atoms with Crippen LogP contribution in [0.15, 0.2) is 34.5 Å². The third-order valence-corrected chi connectivity index (χ3v) is 5.90. The van der Waals surface area contributed by atoms with E-state index in [1.54, 1.807) is 6.92 Å². The van der Waals surface area contributed by atoms with Crippen LogP contribution in [0.1, 0.15) is 32.3 Å². The largest absolute Gasteiger partial charge is 0.386 e. The standard InChI is InChI=1S/C20H30ClN5O/c1-14(22)23-24-15(2)25-10-8-18(9-11-25)26-13-20(27-3)19(26)12-16-4-6-17(21)7-5-16/h4-7,18-20H,8-13H2,1-3H3,(H2,22,23)/b24-15+/t19-,20-/m0/s1. The van der Waals surface area contributed by atoms with Gasteiger partial charge in [-0.05, 0) is 50.8 Å². The molecule has 0 spiro atoms. The molecule has 6 nitrogen and oxygen atoms in total. The minimum absolute atomic E-state index is 0.309. The summed E-state index contributed by atoms with van der Waals surface area (Å²) in [6.07, 6.45) is 3.57. The van der Waals surface area contributed by atoms with Crippen molar-refractivity contribution in [3.05, 3.63) is 34.9 Å². The molecule has 2 heterocycles. The maximum absolute atomic E-state index is 6.02. The molecule has 0 amide bonds. The number of nitrogens with zero attached hydrogens (tertiary/aromatic N) is 4. The summed E-state index contributed by atoms with van der Waals surface area (Å²) in [5.41, 5.74) is 6.88. The Hall–Kier alpha value is -1.63. The number of amidine groups is 2. The highest BCUT2D eigenvalue weighted by atomic mass is 35.5. The molecule has 0 unspecified atom stereocenters.